The van der Waals surface area contributed by atoms with Gasteiger partial charge in [0.15, 0.2) is 0 Å². The van der Waals surface area contributed by atoms with Gasteiger partial charge >= 0.3 is 0 Å². The standard InChI is InChI=1S/C19H23F2NOS/c1-11(18(23)22-17-7-15(20)2-3-16(17)21)24-19-8-12-4-13(9-19)6-14(5-12)10-19/h2-3,7,11-14H,4-6,8-10H2,1H3,(H,22,23)/t11-,12?,13?,14?,19?/m0/s1. The van der Waals surface area contributed by atoms with E-state index in [9.17, 15) is 13.6 Å². The first-order chi connectivity index (χ1) is 11.4. The molecule has 5 rings (SSSR count). The van der Waals surface area contributed by atoms with E-state index in [0.717, 1.165) is 36.0 Å². The summed E-state index contributed by atoms with van der Waals surface area (Å²) in [6, 6.07) is 3.13. The molecule has 1 atom stereocenters. The van der Waals surface area contributed by atoms with Crippen LogP contribution in [0.5, 0.6) is 0 Å². The van der Waals surface area contributed by atoms with Crippen molar-refractivity contribution in [2.24, 2.45) is 17.8 Å². The van der Waals surface area contributed by atoms with E-state index in [1.807, 2.05) is 6.92 Å². The molecule has 4 bridgehead atoms. The average Bonchev–Trinajstić information content (AvgIpc) is 2.49. The smallest absolute Gasteiger partial charge is 0.237 e. The Kier molecular flexibility index (Phi) is 4.10. The van der Waals surface area contributed by atoms with Crippen molar-refractivity contribution in [3.63, 3.8) is 0 Å². The molecule has 1 amide bonds. The van der Waals surface area contributed by atoms with Crippen LogP contribution in [0.2, 0.25) is 0 Å². The molecule has 24 heavy (non-hydrogen) atoms. The summed E-state index contributed by atoms with van der Waals surface area (Å²) >= 11 is 1.77. The van der Waals surface area contributed by atoms with Crippen molar-refractivity contribution in [2.75, 3.05) is 5.32 Å². The van der Waals surface area contributed by atoms with E-state index in [1.54, 1.807) is 11.8 Å². The molecule has 2 nitrogen and oxygen atoms in total. The molecule has 0 unspecified atom stereocenters. The lowest BCUT2D eigenvalue weighted by atomic mass is 9.56. The number of rotatable bonds is 4. The molecule has 4 saturated carbocycles. The molecule has 5 heteroatoms. The van der Waals surface area contributed by atoms with E-state index in [4.69, 9.17) is 0 Å². The SMILES string of the molecule is C[C@H](SC12CC3CC(CC(C3)C1)C2)C(=O)Nc1cc(F)ccc1F. The Labute approximate surface area is 145 Å². The highest BCUT2D eigenvalue weighted by Crippen LogP contribution is 2.61. The van der Waals surface area contributed by atoms with Crippen LogP contribution in [0.4, 0.5) is 14.5 Å². The zero-order valence-electron chi connectivity index (χ0n) is 13.9. The van der Waals surface area contributed by atoms with Crippen LogP contribution < -0.4 is 5.32 Å². The number of nitrogens with one attached hydrogen (secondary N) is 1. The molecule has 4 aliphatic rings. The van der Waals surface area contributed by atoms with Gasteiger partial charge in [-0.3, -0.25) is 4.79 Å². The number of hydrogen-bond donors (Lipinski definition) is 1. The highest BCUT2D eigenvalue weighted by atomic mass is 32.2. The zero-order chi connectivity index (χ0) is 16.9. The molecule has 0 heterocycles. The van der Waals surface area contributed by atoms with Crippen LogP contribution in [0, 0.1) is 29.4 Å². The number of hydrogen-bond acceptors (Lipinski definition) is 2. The summed E-state index contributed by atoms with van der Waals surface area (Å²) in [5.74, 6) is 1.11. The fourth-order valence-electron chi connectivity index (χ4n) is 5.43. The third-order valence-corrected chi connectivity index (χ3v) is 7.53. The Balaban J connectivity index is 1.43. The predicted molar refractivity (Wildman–Crippen MR) is 92.9 cm³/mol. The van der Waals surface area contributed by atoms with Crippen molar-refractivity contribution in [1.29, 1.82) is 0 Å². The topological polar surface area (TPSA) is 29.1 Å². The van der Waals surface area contributed by atoms with Crippen LogP contribution in [0.3, 0.4) is 0 Å². The first-order valence-corrected chi connectivity index (χ1v) is 9.74. The molecule has 0 spiro atoms. The number of carbonyl (C=O) groups excluding carboxylic acids is 1. The predicted octanol–water partition coefficient (Wildman–Crippen LogP) is 4.99. The van der Waals surface area contributed by atoms with E-state index in [1.165, 1.54) is 38.5 Å². The summed E-state index contributed by atoms with van der Waals surface area (Å²) in [7, 11) is 0. The van der Waals surface area contributed by atoms with Gasteiger partial charge in [0.1, 0.15) is 11.6 Å². The van der Waals surface area contributed by atoms with Gasteiger partial charge in [-0.05, 0) is 75.3 Å². The number of thioether (sulfide) groups is 1. The quantitative estimate of drug-likeness (QED) is 0.828. The molecule has 1 N–H and O–H groups in total. The summed E-state index contributed by atoms with van der Waals surface area (Å²) in [6.07, 6.45) is 7.76. The molecule has 1 aromatic rings. The molecular formula is C19H23F2NOS. The molecular weight excluding hydrogens is 328 g/mol. The normalized spacial score (nSPS) is 35.0. The number of benzene rings is 1. The highest BCUT2D eigenvalue weighted by molar-refractivity contribution is 8.01. The third kappa shape index (κ3) is 3.07. The van der Waals surface area contributed by atoms with Gasteiger partial charge in [-0.25, -0.2) is 8.78 Å². The summed E-state index contributed by atoms with van der Waals surface area (Å²) in [6.45, 7) is 1.88. The Morgan fingerprint density at radius 3 is 2.33 bits per heavy atom. The fraction of sp³-hybridized carbons (Fsp3) is 0.632. The van der Waals surface area contributed by atoms with E-state index in [0.29, 0.717) is 0 Å². The Morgan fingerprint density at radius 2 is 1.75 bits per heavy atom. The van der Waals surface area contributed by atoms with Crippen LogP contribution in [0.1, 0.15) is 45.4 Å². The molecule has 0 radical (unpaired) electrons. The van der Waals surface area contributed by atoms with Crippen molar-refractivity contribution in [1.82, 2.24) is 0 Å². The number of amides is 1. The summed E-state index contributed by atoms with van der Waals surface area (Å²) in [4.78, 5) is 12.5. The van der Waals surface area contributed by atoms with Gasteiger partial charge in [0.2, 0.25) is 5.91 Å². The van der Waals surface area contributed by atoms with Gasteiger partial charge in [0.05, 0.1) is 10.9 Å². The molecule has 0 aromatic heterocycles. The largest absolute Gasteiger partial charge is 0.323 e. The highest BCUT2D eigenvalue weighted by Gasteiger charge is 2.52. The van der Waals surface area contributed by atoms with E-state index < -0.39 is 11.6 Å². The number of halogens is 2. The summed E-state index contributed by atoms with van der Waals surface area (Å²) in [5, 5.41) is 2.30. The summed E-state index contributed by atoms with van der Waals surface area (Å²) < 4.78 is 27.2. The van der Waals surface area contributed by atoms with Gasteiger partial charge in [-0.2, -0.15) is 0 Å². The van der Waals surface area contributed by atoms with Crippen LogP contribution >= 0.6 is 11.8 Å². The van der Waals surface area contributed by atoms with E-state index in [2.05, 4.69) is 5.32 Å². The molecule has 1 aromatic carbocycles. The van der Waals surface area contributed by atoms with Crippen LogP contribution in [-0.4, -0.2) is 15.9 Å². The minimum absolute atomic E-state index is 0.0713. The molecule has 130 valence electrons. The van der Waals surface area contributed by atoms with Crippen molar-refractivity contribution in [3.8, 4) is 0 Å². The second-order valence-electron chi connectivity index (χ2n) is 7.97. The van der Waals surface area contributed by atoms with Gasteiger partial charge in [0.25, 0.3) is 0 Å². The maximum atomic E-state index is 13.7. The van der Waals surface area contributed by atoms with Crippen molar-refractivity contribution >= 4 is 23.4 Å². The first-order valence-electron chi connectivity index (χ1n) is 8.86. The third-order valence-electron chi connectivity index (χ3n) is 5.96. The van der Waals surface area contributed by atoms with Gasteiger partial charge in [0, 0.05) is 10.8 Å². The van der Waals surface area contributed by atoms with Crippen LogP contribution in [0.15, 0.2) is 18.2 Å². The number of anilines is 1. The van der Waals surface area contributed by atoms with Crippen molar-refractivity contribution in [2.45, 2.75) is 55.4 Å². The van der Waals surface area contributed by atoms with E-state index >= 15 is 0 Å². The Morgan fingerprint density at radius 1 is 1.17 bits per heavy atom. The lowest BCUT2D eigenvalue weighted by Crippen LogP contribution is -2.49. The van der Waals surface area contributed by atoms with Crippen LogP contribution in [-0.2, 0) is 4.79 Å². The minimum Gasteiger partial charge on any atom is -0.323 e. The monoisotopic (exact) mass is 351 g/mol. The number of carbonyl (C=O) groups is 1. The second kappa shape index (κ2) is 6.01. The first kappa shape index (κ1) is 16.4. The zero-order valence-corrected chi connectivity index (χ0v) is 14.7. The maximum absolute atomic E-state index is 13.7. The Bertz CT molecular complexity index is 627. The fourth-order valence-corrected chi connectivity index (χ4v) is 7.34. The lowest BCUT2D eigenvalue weighted by Gasteiger charge is -2.57. The molecule has 4 aliphatic carbocycles. The second-order valence-corrected chi connectivity index (χ2v) is 9.78. The lowest BCUT2D eigenvalue weighted by molar-refractivity contribution is -0.115. The molecule has 0 saturated heterocycles. The van der Waals surface area contributed by atoms with Crippen molar-refractivity contribution in [3.05, 3.63) is 29.8 Å². The Hall–Kier alpha value is -1.10. The maximum Gasteiger partial charge on any atom is 0.237 e. The van der Waals surface area contributed by atoms with Crippen molar-refractivity contribution < 1.29 is 13.6 Å². The van der Waals surface area contributed by atoms with Gasteiger partial charge in [-0.15, -0.1) is 11.8 Å². The average molecular weight is 351 g/mol. The van der Waals surface area contributed by atoms with Crippen LogP contribution in [0.25, 0.3) is 0 Å². The van der Waals surface area contributed by atoms with Gasteiger partial charge < -0.3 is 5.32 Å². The molecule has 4 fully saturated rings. The minimum atomic E-state index is -0.600. The molecule has 0 aliphatic heterocycles. The summed E-state index contributed by atoms with van der Waals surface area (Å²) in [5.41, 5.74) is -0.0713. The van der Waals surface area contributed by atoms with E-state index in [-0.39, 0.29) is 21.6 Å². The van der Waals surface area contributed by atoms with Gasteiger partial charge in [-0.1, -0.05) is 0 Å².